The molecule has 1 aliphatic carbocycles. The minimum Gasteiger partial charge on any atom is -0.383 e. The number of hydrogen-bond acceptors (Lipinski definition) is 4. The zero-order chi connectivity index (χ0) is 11.1. The van der Waals surface area contributed by atoms with E-state index in [4.69, 9.17) is 5.73 Å². The lowest BCUT2D eigenvalue weighted by Gasteiger charge is -2.01. The molecule has 82 valence electrons. The lowest BCUT2D eigenvalue weighted by molar-refractivity contribution is 0.781. The van der Waals surface area contributed by atoms with Crippen molar-refractivity contribution >= 4 is 21.7 Å². The van der Waals surface area contributed by atoms with Crippen LogP contribution in [-0.4, -0.2) is 19.7 Å². The lowest BCUT2D eigenvalue weighted by atomic mass is 10.3. The molecular formula is C10H10BrN5. The molecule has 6 heteroatoms. The van der Waals surface area contributed by atoms with Crippen LogP contribution in [0.1, 0.15) is 24.5 Å². The van der Waals surface area contributed by atoms with Crippen LogP contribution in [0.4, 0.5) is 5.82 Å². The van der Waals surface area contributed by atoms with Crippen molar-refractivity contribution in [3.05, 3.63) is 28.6 Å². The number of aromatic nitrogens is 4. The molecule has 0 atom stereocenters. The topological polar surface area (TPSA) is 69.6 Å². The zero-order valence-electron chi connectivity index (χ0n) is 8.47. The minimum absolute atomic E-state index is 0.431. The second-order valence-corrected chi connectivity index (χ2v) is 4.69. The molecule has 2 N–H and O–H groups in total. The Bertz CT molecular complexity index is 512. The maximum atomic E-state index is 5.65. The summed E-state index contributed by atoms with van der Waals surface area (Å²) in [5.41, 5.74) is 6.77. The number of nitrogens with two attached hydrogens (primary N) is 1. The molecule has 1 aliphatic rings. The van der Waals surface area contributed by atoms with Gasteiger partial charge in [-0.15, -0.1) is 0 Å². The van der Waals surface area contributed by atoms with E-state index in [-0.39, 0.29) is 0 Å². The SMILES string of the molecule is Nc1cc(Br)nc(-n2ccc(C3CC3)n2)n1. The molecular weight excluding hydrogens is 270 g/mol. The van der Waals surface area contributed by atoms with Crippen molar-refractivity contribution in [3.63, 3.8) is 0 Å². The average molecular weight is 280 g/mol. The largest absolute Gasteiger partial charge is 0.383 e. The fraction of sp³-hybridized carbons (Fsp3) is 0.300. The number of nitrogens with zero attached hydrogens (tertiary/aromatic N) is 4. The summed E-state index contributed by atoms with van der Waals surface area (Å²) >= 11 is 3.29. The minimum atomic E-state index is 0.431. The molecule has 0 spiro atoms. The quantitative estimate of drug-likeness (QED) is 0.853. The van der Waals surface area contributed by atoms with Gasteiger partial charge in [-0.1, -0.05) is 0 Å². The molecule has 0 aromatic carbocycles. The molecule has 5 nitrogen and oxygen atoms in total. The maximum absolute atomic E-state index is 5.65. The Balaban J connectivity index is 2.00. The molecule has 0 bridgehead atoms. The van der Waals surface area contributed by atoms with E-state index in [9.17, 15) is 0 Å². The Morgan fingerprint density at radius 1 is 1.38 bits per heavy atom. The van der Waals surface area contributed by atoms with E-state index >= 15 is 0 Å². The highest BCUT2D eigenvalue weighted by Crippen LogP contribution is 2.38. The van der Waals surface area contributed by atoms with E-state index in [1.807, 2.05) is 12.3 Å². The van der Waals surface area contributed by atoms with Gasteiger partial charge in [0.05, 0.1) is 5.69 Å². The molecule has 2 aromatic heterocycles. The molecule has 16 heavy (non-hydrogen) atoms. The first-order chi connectivity index (χ1) is 7.72. The van der Waals surface area contributed by atoms with E-state index in [2.05, 4.69) is 31.0 Å². The predicted molar refractivity (Wildman–Crippen MR) is 63.2 cm³/mol. The van der Waals surface area contributed by atoms with E-state index in [1.165, 1.54) is 12.8 Å². The Morgan fingerprint density at radius 3 is 2.88 bits per heavy atom. The van der Waals surface area contributed by atoms with E-state index < -0.39 is 0 Å². The number of halogens is 1. The van der Waals surface area contributed by atoms with Crippen LogP contribution in [0.25, 0.3) is 5.95 Å². The van der Waals surface area contributed by atoms with Gasteiger partial charge in [0.2, 0.25) is 0 Å². The van der Waals surface area contributed by atoms with Gasteiger partial charge >= 0.3 is 0 Å². The number of nitrogen functional groups attached to an aromatic ring is 1. The van der Waals surface area contributed by atoms with Crippen LogP contribution in [0, 0.1) is 0 Å². The molecule has 0 radical (unpaired) electrons. The molecule has 2 heterocycles. The van der Waals surface area contributed by atoms with Gasteiger partial charge in [0.15, 0.2) is 0 Å². The molecule has 1 fully saturated rings. The highest BCUT2D eigenvalue weighted by Gasteiger charge is 2.26. The lowest BCUT2D eigenvalue weighted by Crippen LogP contribution is -2.04. The third kappa shape index (κ3) is 1.80. The van der Waals surface area contributed by atoms with Crippen molar-refractivity contribution in [2.75, 3.05) is 5.73 Å². The van der Waals surface area contributed by atoms with Crippen LogP contribution in [0.15, 0.2) is 22.9 Å². The van der Waals surface area contributed by atoms with Crippen molar-refractivity contribution < 1.29 is 0 Å². The van der Waals surface area contributed by atoms with Gasteiger partial charge < -0.3 is 5.73 Å². The number of anilines is 1. The summed E-state index contributed by atoms with van der Waals surface area (Å²) in [7, 11) is 0. The first-order valence-corrected chi connectivity index (χ1v) is 5.88. The average Bonchev–Trinajstić information content (AvgIpc) is 2.95. The first kappa shape index (κ1) is 9.77. The Kier molecular flexibility index (Phi) is 2.17. The highest BCUT2D eigenvalue weighted by atomic mass is 79.9. The van der Waals surface area contributed by atoms with Gasteiger partial charge in [-0.3, -0.25) is 0 Å². The highest BCUT2D eigenvalue weighted by molar-refractivity contribution is 9.10. The summed E-state index contributed by atoms with van der Waals surface area (Å²) in [5, 5.41) is 4.44. The van der Waals surface area contributed by atoms with Gasteiger partial charge in [-0.25, -0.2) is 9.67 Å². The van der Waals surface area contributed by atoms with Gasteiger partial charge in [0.25, 0.3) is 5.95 Å². The molecule has 3 rings (SSSR count). The van der Waals surface area contributed by atoms with Crippen molar-refractivity contribution in [3.8, 4) is 5.95 Å². The molecule has 0 aliphatic heterocycles. The normalized spacial score (nSPS) is 15.3. The molecule has 0 unspecified atom stereocenters. The summed E-state index contributed by atoms with van der Waals surface area (Å²) in [5.74, 6) is 1.56. The smallest absolute Gasteiger partial charge is 0.253 e. The number of hydrogen-bond donors (Lipinski definition) is 1. The van der Waals surface area contributed by atoms with Gasteiger partial charge in [0, 0.05) is 18.2 Å². The van der Waals surface area contributed by atoms with E-state index in [0.29, 0.717) is 22.3 Å². The Hall–Kier alpha value is -1.43. The van der Waals surface area contributed by atoms with Crippen LogP contribution >= 0.6 is 15.9 Å². The molecule has 2 aromatic rings. The fourth-order valence-corrected chi connectivity index (χ4v) is 1.96. The Labute approximate surface area is 101 Å². The standard InChI is InChI=1S/C10H10BrN5/c11-8-5-9(12)14-10(13-8)16-4-3-7(15-16)6-1-2-6/h3-6H,1-2H2,(H2,12,13,14). The zero-order valence-corrected chi connectivity index (χ0v) is 10.1. The summed E-state index contributed by atoms with van der Waals surface area (Å²) < 4.78 is 2.33. The van der Waals surface area contributed by atoms with Crippen LogP contribution in [0.5, 0.6) is 0 Å². The predicted octanol–water partition coefficient (Wildman–Crippen LogP) is 1.88. The van der Waals surface area contributed by atoms with Gasteiger partial charge in [0.1, 0.15) is 10.4 Å². The molecule has 1 saturated carbocycles. The summed E-state index contributed by atoms with van der Waals surface area (Å²) in [4.78, 5) is 8.36. The summed E-state index contributed by atoms with van der Waals surface area (Å²) in [6, 6.07) is 3.67. The number of rotatable bonds is 2. The third-order valence-corrected chi connectivity index (χ3v) is 2.92. The van der Waals surface area contributed by atoms with Crippen molar-refractivity contribution in [2.24, 2.45) is 0 Å². The van der Waals surface area contributed by atoms with Gasteiger partial charge in [-0.2, -0.15) is 10.1 Å². The van der Waals surface area contributed by atoms with Crippen LogP contribution < -0.4 is 5.73 Å². The molecule has 0 saturated heterocycles. The fourth-order valence-electron chi connectivity index (χ4n) is 1.57. The summed E-state index contributed by atoms with van der Waals surface area (Å²) in [6.45, 7) is 0. The monoisotopic (exact) mass is 279 g/mol. The van der Waals surface area contributed by atoms with Crippen LogP contribution in [-0.2, 0) is 0 Å². The first-order valence-electron chi connectivity index (χ1n) is 5.08. The van der Waals surface area contributed by atoms with Crippen LogP contribution in [0.2, 0.25) is 0 Å². The van der Waals surface area contributed by atoms with Crippen LogP contribution in [0.3, 0.4) is 0 Å². The molecule has 0 amide bonds. The summed E-state index contributed by atoms with van der Waals surface area (Å²) in [6.07, 6.45) is 4.34. The van der Waals surface area contributed by atoms with Crippen molar-refractivity contribution in [1.82, 2.24) is 19.7 Å². The van der Waals surface area contributed by atoms with Crippen molar-refractivity contribution in [2.45, 2.75) is 18.8 Å². The van der Waals surface area contributed by atoms with Crippen molar-refractivity contribution in [1.29, 1.82) is 0 Å². The Morgan fingerprint density at radius 2 is 2.19 bits per heavy atom. The maximum Gasteiger partial charge on any atom is 0.253 e. The second-order valence-electron chi connectivity index (χ2n) is 3.87. The van der Waals surface area contributed by atoms with E-state index in [0.717, 1.165) is 5.69 Å². The van der Waals surface area contributed by atoms with E-state index in [1.54, 1.807) is 10.7 Å². The third-order valence-electron chi connectivity index (χ3n) is 2.51. The van der Waals surface area contributed by atoms with Gasteiger partial charge in [-0.05, 0) is 34.8 Å². The second kappa shape index (κ2) is 3.55.